The number of aryl methyl sites for hydroxylation is 1. The van der Waals surface area contributed by atoms with E-state index in [1.165, 1.54) is 5.56 Å². The Kier molecular flexibility index (Phi) is 3.88. The fourth-order valence-corrected chi connectivity index (χ4v) is 3.36. The van der Waals surface area contributed by atoms with E-state index in [0.29, 0.717) is 0 Å². The van der Waals surface area contributed by atoms with Gasteiger partial charge < -0.3 is 15.0 Å². The third-order valence-electron chi connectivity index (χ3n) is 4.30. The van der Waals surface area contributed by atoms with Crippen LogP contribution in [-0.4, -0.2) is 27.6 Å². The molecule has 2 N–H and O–H groups in total. The van der Waals surface area contributed by atoms with Crippen LogP contribution in [0.1, 0.15) is 49.3 Å². The molecule has 22 heavy (non-hydrogen) atoms. The van der Waals surface area contributed by atoms with Gasteiger partial charge in [-0.25, -0.2) is 4.98 Å². The molecule has 1 aromatic carbocycles. The monoisotopic (exact) mass is 299 g/mol. The van der Waals surface area contributed by atoms with Gasteiger partial charge in [0.15, 0.2) is 0 Å². The van der Waals surface area contributed by atoms with Crippen molar-refractivity contribution in [3.8, 4) is 0 Å². The lowest BCUT2D eigenvalue weighted by Crippen LogP contribution is -2.32. The van der Waals surface area contributed by atoms with Crippen molar-refractivity contribution in [3.05, 3.63) is 47.5 Å². The first-order valence-electron chi connectivity index (χ1n) is 7.73. The molecule has 1 aliphatic heterocycles. The van der Waals surface area contributed by atoms with E-state index < -0.39 is 5.97 Å². The highest BCUT2D eigenvalue weighted by Crippen LogP contribution is 2.47. The van der Waals surface area contributed by atoms with E-state index in [2.05, 4.69) is 29.9 Å². The van der Waals surface area contributed by atoms with Gasteiger partial charge in [0, 0.05) is 23.5 Å². The molecule has 0 saturated carbocycles. The third-order valence-corrected chi connectivity index (χ3v) is 4.30. The van der Waals surface area contributed by atoms with Gasteiger partial charge in [-0.05, 0) is 18.1 Å². The number of fused-ring (bicyclic) bond motifs is 1. The predicted molar refractivity (Wildman–Crippen MR) is 85.2 cm³/mol. The number of anilines is 1. The zero-order chi connectivity index (χ0) is 15.7. The van der Waals surface area contributed by atoms with Crippen LogP contribution >= 0.6 is 0 Å². The second-order valence-corrected chi connectivity index (χ2v) is 5.86. The number of para-hydroxylation sites is 1. The quantitative estimate of drug-likeness (QED) is 0.890. The van der Waals surface area contributed by atoms with Crippen LogP contribution in [0.4, 0.5) is 5.69 Å². The van der Waals surface area contributed by atoms with Crippen molar-refractivity contribution >= 4 is 11.7 Å². The van der Waals surface area contributed by atoms with Crippen LogP contribution in [0.25, 0.3) is 0 Å². The van der Waals surface area contributed by atoms with Gasteiger partial charge in [-0.3, -0.25) is 4.79 Å². The van der Waals surface area contributed by atoms with E-state index in [4.69, 9.17) is 0 Å². The predicted octanol–water partition coefficient (Wildman–Crippen LogP) is 3.11. The maximum atomic E-state index is 11.3. The third kappa shape index (κ3) is 2.47. The van der Waals surface area contributed by atoms with Crippen LogP contribution in [0, 0.1) is 0 Å². The Hall–Kier alpha value is -2.30. The second kappa shape index (κ2) is 5.83. The molecule has 0 amide bonds. The van der Waals surface area contributed by atoms with E-state index in [1.54, 1.807) is 0 Å². The molecule has 1 aromatic heterocycles. The number of carbonyl (C=O) groups is 1. The van der Waals surface area contributed by atoms with Gasteiger partial charge in [0.2, 0.25) is 0 Å². The summed E-state index contributed by atoms with van der Waals surface area (Å²) in [6.45, 7) is 4.24. The SMILES string of the molecule is CCCc1cnc(C2C(C)c3ccccc3N2CC(=O)O)[nH]1. The number of aromatic nitrogens is 2. The fourth-order valence-electron chi connectivity index (χ4n) is 3.36. The van der Waals surface area contributed by atoms with Crippen molar-refractivity contribution < 1.29 is 9.90 Å². The maximum absolute atomic E-state index is 11.3. The molecule has 0 aliphatic carbocycles. The number of aliphatic carboxylic acids is 1. The standard InChI is InChI=1S/C17H21N3O2/c1-3-6-12-9-18-17(19-12)16-11(2)13-7-4-5-8-14(13)20(16)10-15(21)22/h4-5,7-9,11,16H,3,6,10H2,1-2H3,(H,18,19)(H,21,22). The minimum Gasteiger partial charge on any atom is -0.480 e. The Morgan fingerprint density at radius 1 is 1.41 bits per heavy atom. The number of H-pyrrole nitrogens is 1. The molecule has 5 nitrogen and oxygen atoms in total. The molecule has 3 rings (SSSR count). The molecule has 0 saturated heterocycles. The lowest BCUT2D eigenvalue weighted by molar-refractivity contribution is -0.135. The van der Waals surface area contributed by atoms with Crippen molar-refractivity contribution in [3.63, 3.8) is 0 Å². The lowest BCUT2D eigenvalue weighted by Gasteiger charge is -2.26. The summed E-state index contributed by atoms with van der Waals surface area (Å²) in [6.07, 6.45) is 3.88. The lowest BCUT2D eigenvalue weighted by atomic mass is 9.97. The second-order valence-electron chi connectivity index (χ2n) is 5.86. The molecular formula is C17H21N3O2. The summed E-state index contributed by atoms with van der Waals surface area (Å²) >= 11 is 0. The van der Waals surface area contributed by atoms with Gasteiger partial charge in [0.25, 0.3) is 0 Å². The van der Waals surface area contributed by atoms with Crippen molar-refractivity contribution in [1.29, 1.82) is 0 Å². The molecule has 2 heterocycles. The van der Waals surface area contributed by atoms with Gasteiger partial charge >= 0.3 is 5.97 Å². The molecule has 2 aromatic rings. The highest BCUT2D eigenvalue weighted by Gasteiger charge is 2.39. The Bertz CT molecular complexity index is 680. The topological polar surface area (TPSA) is 69.2 Å². The average Bonchev–Trinajstić information content (AvgIpc) is 3.04. The number of imidazole rings is 1. The number of carboxylic acids is 1. The molecule has 0 bridgehead atoms. The Labute approximate surface area is 130 Å². The average molecular weight is 299 g/mol. The molecule has 1 aliphatic rings. The van der Waals surface area contributed by atoms with Crippen LogP contribution in [0.5, 0.6) is 0 Å². The summed E-state index contributed by atoms with van der Waals surface area (Å²) in [7, 11) is 0. The molecule has 2 atom stereocenters. The first-order valence-corrected chi connectivity index (χ1v) is 7.73. The Balaban J connectivity index is 1.99. The highest BCUT2D eigenvalue weighted by atomic mass is 16.4. The number of aromatic amines is 1. The maximum Gasteiger partial charge on any atom is 0.323 e. The van der Waals surface area contributed by atoms with Crippen molar-refractivity contribution in [1.82, 2.24) is 9.97 Å². The molecule has 5 heteroatoms. The van der Waals surface area contributed by atoms with Gasteiger partial charge in [-0.15, -0.1) is 0 Å². The first kappa shape index (κ1) is 14.6. The van der Waals surface area contributed by atoms with Gasteiger partial charge in [0.1, 0.15) is 12.4 Å². The van der Waals surface area contributed by atoms with Crippen LogP contribution in [0.15, 0.2) is 30.5 Å². The Morgan fingerprint density at radius 3 is 2.91 bits per heavy atom. The van der Waals surface area contributed by atoms with Crippen molar-refractivity contribution in [2.24, 2.45) is 0 Å². The summed E-state index contributed by atoms with van der Waals surface area (Å²) in [5.74, 6) is 0.235. The summed E-state index contributed by atoms with van der Waals surface area (Å²) in [5.41, 5.74) is 3.29. The summed E-state index contributed by atoms with van der Waals surface area (Å²) in [5, 5.41) is 9.27. The normalized spacial score (nSPS) is 20.2. The number of hydrogen-bond acceptors (Lipinski definition) is 3. The minimum atomic E-state index is -0.825. The summed E-state index contributed by atoms with van der Waals surface area (Å²) in [6, 6.07) is 7.96. The number of carboxylic acid groups (broad SMARTS) is 1. The number of nitrogens with one attached hydrogen (secondary N) is 1. The zero-order valence-electron chi connectivity index (χ0n) is 12.9. The Morgan fingerprint density at radius 2 is 2.18 bits per heavy atom. The minimum absolute atomic E-state index is 0.0180. The van der Waals surface area contributed by atoms with Crippen LogP contribution < -0.4 is 4.90 Å². The number of rotatable bonds is 5. The van der Waals surface area contributed by atoms with E-state index in [9.17, 15) is 9.90 Å². The summed E-state index contributed by atoms with van der Waals surface area (Å²) < 4.78 is 0. The molecule has 116 valence electrons. The molecule has 0 radical (unpaired) electrons. The molecular weight excluding hydrogens is 278 g/mol. The number of benzene rings is 1. The van der Waals surface area contributed by atoms with Gasteiger partial charge in [-0.2, -0.15) is 0 Å². The highest BCUT2D eigenvalue weighted by molar-refractivity contribution is 5.76. The van der Waals surface area contributed by atoms with Gasteiger partial charge in [-0.1, -0.05) is 38.5 Å². The van der Waals surface area contributed by atoms with Crippen LogP contribution in [0.2, 0.25) is 0 Å². The van der Waals surface area contributed by atoms with Crippen LogP contribution in [0.3, 0.4) is 0 Å². The number of hydrogen-bond donors (Lipinski definition) is 2. The van der Waals surface area contributed by atoms with E-state index in [0.717, 1.165) is 30.0 Å². The zero-order valence-corrected chi connectivity index (χ0v) is 12.9. The largest absolute Gasteiger partial charge is 0.480 e. The molecule has 0 spiro atoms. The number of nitrogens with zero attached hydrogens (tertiary/aromatic N) is 2. The van der Waals surface area contributed by atoms with Crippen LogP contribution in [-0.2, 0) is 11.2 Å². The van der Waals surface area contributed by atoms with E-state index in [1.807, 2.05) is 29.3 Å². The van der Waals surface area contributed by atoms with Crippen molar-refractivity contribution in [2.45, 2.75) is 38.6 Å². The molecule has 2 unspecified atom stereocenters. The van der Waals surface area contributed by atoms with Crippen molar-refractivity contribution in [2.75, 3.05) is 11.4 Å². The van der Waals surface area contributed by atoms with E-state index >= 15 is 0 Å². The smallest absolute Gasteiger partial charge is 0.323 e. The summed E-state index contributed by atoms with van der Waals surface area (Å²) in [4.78, 5) is 21.1. The fraction of sp³-hybridized carbons (Fsp3) is 0.412. The molecule has 0 fully saturated rings. The first-order chi connectivity index (χ1) is 10.6. The van der Waals surface area contributed by atoms with Gasteiger partial charge in [0.05, 0.1) is 6.04 Å². The van der Waals surface area contributed by atoms with E-state index in [-0.39, 0.29) is 18.5 Å².